The van der Waals surface area contributed by atoms with Gasteiger partial charge in [-0.3, -0.25) is 4.79 Å². The fraction of sp³-hybridized carbons (Fsp3) is 0.625. The number of hydrogen-bond donors (Lipinski definition) is 1. The largest absolute Gasteiger partial charge is 0.481 e. The molecule has 0 bridgehead atoms. The summed E-state index contributed by atoms with van der Waals surface area (Å²) >= 11 is 0. The fourth-order valence-corrected chi connectivity index (χ4v) is 3.01. The number of hydrogen-bond acceptors (Lipinski definition) is 4. The predicted molar refractivity (Wildman–Crippen MR) is 81.5 cm³/mol. The van der Waals surface area contributed by atoms with Gasteiger partial charge in [0.2, 0.25) is 5.88 Å². The number of pyridine rings is 1. The smallest absolute Gasteiger partial charge is 0.256 e. The average molecular weight is 292 g/mol. The highest BCUT2D eigenvalue weighted by Gasteiger charge is 2.42. The third-order valence-electron chi connectivity index (χ3n) is 4.28. The molecule has 1 heterocycles. The Labute approximate surface area is 126 Å². The van der Waals surface area contributed by atoms with Crippen molar-refractivity contribution in [3.8, 4) is 5.88 Å². The molecule has 1 aromatic rings. The first-order valence-electron chi connectivity index (χ1n) is 7.39. The Balaban J connectivity index is 2.16. The molecule has 0 aromatic carbocycles. The lowest BCUT2D eigenvalue weighted by atomic mass is 9.78. The summed E-state index contributed by atoms with van der Waals surface area (Å²) in [6.07, 6.45) is 3.70. The molecule has 21 heavy (non-hydrogen) atoms. The number of carbonyl (C=O) groups excluding carboxylic acids is 1. The van der Waals surface area contributed by atoms with Crippen LogP contribution < -0.4 is 10.1 Å². The van der Waals surface area contributed by atoms with Crippen LogP contribution in [0, 0.1) is 12.8 Å². The Morgan fingerprint density at radius 2 is 2.19 bits per heavy atom. The molecule has 0 unspecified atom stereocenters. The first kappa shape index (κ1) is 15.8. The van der Waals surface area contributed by atoms with Crippen LogP contribution >= 0.6 is 0 Å². The summed E-state index contributed by atoms with van der Waals surface area (Å²) in [5.41, 5.74) is 0.720. The number of ether oxygens (including phenoxy) is 2. The Kier molecular flexibility index (Phi) is 4.83. The van der Waals surface area contributed by atoms with Crippen LogP contribution in [0.25, 0.3) is 0 Å². The van der Waals surface area contributed by atoms with Crippen molar-refractivity contribution in [2.45, 2.75) is 45.1 Å². The Bertz CT molecular complexity index is 518. The van der Waals surface area contributed by atoms with Crippen molar-refractivity contribution in [1.29, 1.82) is 0 Å². The van der Waals surface area contributed by atoms with E-state index >= 15 is 0 Å². The van der Waals surface area contributed by atoms with Gasteiger partial charge in [0.25, 0.3) is 5.91 Å². The number of anilines is 1. The van der Waals surface area contributed by atoms with Gasteiger partial charge in [-0.25, -0.2) is 4.98 Å². The lowest BCUT2D eigenvalue weighted by Crippen LogP contribution is -2.48. The summed E-state index contributed by atoms with van der Waals surface area (Å²) in [6, 6.07) is 3.56. The Hall–Kier alpha value is -1.62. The Morgan fingerprint density at radius 3 is 2.76 bits per heavy atom. The molecule has 2 atom stereocenters. The van der Waals surface area contributed by atoms with Crippen LogP contribution in [0.15, 0.2) is 12.1 Å². The van der Waals surface area contributed by atoms with Gasteiger partial charge in [-0.2, -0.15) is 0 Å². The van der Waals surface area contributed by atoms with Crippen LogP contribution in [-0.4, -0.2) is 30.7 Å². The molecule has 0 saturated heterocycles. The second-order valence-corrected chi connectivity index (χ2v) is 5.84. The number of rotatable bonds is 4. The van der Waals surface area contributed by atoms with Crippen molar-refractivity contribution in [2.75, 3.05) is 19.5 Å². The molecular formula is C16H24N2O3. The van der Waals surface area contributed by atoms with E-state index in [1.165, 1.54) is 0 Å². The zero-order chi connectivity index (χ0) is 15.5. The number of aromatic nitrogens is 1. The van der Waals surface area contributed by atoms with Crippen LogP contribution in [0.2, 0.25) is 0 Å². The van der Waals surface area contributed by atoms with E-state index in [0.29, 0.717) is 17.5 Å². The summed E-state index contributed by atoms with van der Waals surface area (Å²) in [7, 11) is 3.19. The van der Waals surface area contributed by atoms with Crippen molar-refractivity contribution in [2.24, 2.45) is 5.92 Å². The van der Waals surface area contributed by atoms with Crippen molar-refractivity contribution in [3.63, 3.8) is 0 Å². The summed E-state index contributed by atoms with van der Waals surface area (Å²) in [5.74, 6) is 0.962. The quantitative estimate of drug-likeness (QED) is 0.927. The molecule has 0 spiro atoms. The van der Waals surface area contributed by atoms with E-state index in [0.717, 1.165) is 31.4 Å². The second kappa shape index (κ2) is 6.43. The minimum atomic E-state index is -0.718. The van der Waals surface area contributed by atoms with Crippen molar-refractivity contribution in [1.82, 2.24) is 4.98 Å². The van der Waals surface area contributed by atoms with E-state index in [1.54, 1.807) is 20.3 Å². The van der Waals surface area contributed by atoms with Gasteiger partial charge in [-0.1, -0.05) is 13.3 Å². The van der Waals surface area contributed by atoms with Crippen molar-refractivity contribution < 1.29 is 14.3 Å². The monoisotopic (exact) mass is 292 g/mol. The van der Waals surface area contributed by atoms with Gasteiger partial charge in [0.1, 0.15) is 5.60 Å². The zero-order valence-corrected chi connectivity index (χ0v) is 13.2. The second-order valence-electron chi connectivity index (χ2n) is 5.84. The molecule has 1 fully saturated rings. The fourth-order valence-electron chi connectivity index (χ4n) is 3.01. The maximum absolute atomic E-state index is 12.7. The first-order valence-corrected chi connectivity index (χ1v) is 7.39. The maximum Gasteiger partial charge on any atom is 0.256 e. The number of amides is 1. The number of nitrogens with zero attached hydrogens (tertiary/aromatic N) is 1. The molecule has 2 rings (SSSR count). The van der Waals surface area contributed by atoms with E-state index in [-0.39, 0.29) is 5.91 Å². The summed E-state index contributed by atoms with van der Waals surface area (Å²) in [5, 5.41) is 2.96. The third kappa shape index (κ3) is 3.35. The summed E-state index contributed by atoms with van der Waals surface area (Å²) < 4.78 is 10.7. The number of carbonyl (C=O) groups is 1. The molecule has 0 aliphatic heterocycles. The molecule has 1 aliphatic carbocycles. The number of aryl methyl sites for hydroxylation is 1. The van der Waals surface area contributed by atoms with E-state index in [2.05, 4.69) is 17.2 Å². The highest BCUT2D eigenvalue weighted by atomic mass is 16.5. The minimum absolute atomic E-state index is 0.0772. The Morgan fingerprint density at radius 1 is 1.43 bits per heavy atom. The van der Waals surface area contributed by atoms with Gasteiger partial charge in [0.15, 0.2) is 0 Å². The van der Waals surface area contributed by atoms with E-state index in [4.69, 9.17) is 9.47 Å². The molecule has 116 valence electrons. The normalized spacial score (nSPS) is 25.4. The van der Waals surface area contributed by atoms with Crippen LogP contribution in [0.3, 0.4) is 0 Å². The van der Waals surface area contributed by atoms with Crippen LogP contribution in [0.5, 0.6) is 5.88 Å². The van der Waals surface area contributed by atoms with Crippen molar-refractivity contribution in [3.05, 3.63) is 17.8 Å². The van der Waals surface area contributed by atoms with Gasteiger partial charge in [0, 0.05) is 13.2 Å². The first-order chi connectivity index (χ1) is 10.0. The van der Waals surface area contributed by atoms with Crippen LogP contribution in [0.1, 0.15) is 38.3 Å². The molecular weight excluding hydrogens is 268 g/mol. The molecule has 1 aromatic heterocycles. The standard InChI is InChI=1S/C16H24N2O3/c1-11-6-5-9-16(10-11,21-4)15(19)18-13-7-8-14(20-3)17-12(13)2/h7-8,11H,5-6,9-10H2,1-4H3,(H,18,19)/t11-,16-/m0/s1. The molecule has 1 saturated carbocycles. The van der Waals surface area contributed by atoms with Gasteiger partial charge in [-0.15, -0.1) is 0 Å². The number of nitrogens with one attached hydrogen (secondary N) is 1. The van der Waals surface area contributed by atoms with E-state index in [1.807, 2.05) is 13.0 Å². The summed E-state index contributed by atoms with van der Waals surface area (Å²) in [6.45, 7) is 4.02. The molecule has 1 amide bonds. The van der Waals surface area contributed by atoms with Gasteiger partial charge >= 0.3 is 0 Å². The molecule has 1 aliphatic rings. The van der Waals surface area contributed by atoms with Gasteiger partial charge in [0.05, 0.1) is 18.5 Å². The third-order valence-corrected chi connectivity index (χ3v) is 4.28. The minimum Gasteiger partial charge on any atom is -0.481 e. The lowest BCUT2D eigenvalue weighted by molar-refractivity contribution is -0.143. The van der Waals surface area contributed by atoms with Crippen LogP contribution in [0.4, 0.5) is 5.69 Å². The topological polar surface area (TPSA) is 60.5 Å². The molecule has 1 N–H and O–H groups in total. The zero-order valence-electron chi connectivity index (χ0n) is 13.2. The molecule has 5 nitrogen and oxygen atoms in total. The predicted octanol–water partition coefficient (Wildman–Crippen LogP) is 2.93. The molecule has 5 heteroatoms. The highest BCUT2D eigenvalue weighted by Crippen LogP contribution is 2.36. The van der Waals surface area contributed by atoms with Gasteiger partial charge < -0.3 is 14.8 Å². The van der Waals surface area contributed by atoms with E-state index < -0.39 is 5.60 Å². The van der Waals surface area contributed by atoms with Crippen LogP contribution in [-0.2, 0) is 9.53 Å². The SMILES string of the molecule is COc1ccc(NC(=O)[C@]2(OC)CCC[C@H](C)C2)c(C)n1. The van der Waals surface area contributed by atoms with E-state index in [9.17, 15) is 4.79 Å². The number of methoxy groups -OCH3 is 2. The van der Waals surface area contributed by atoms with Gasteiger partial charge in [-0.05, 0) is 38.2 Å². The lowest BCUT2D eigenvalue weighted by Gasteiger charge is -2.37. The molecule has 0 radical (unpaired) electrons. The highest BCUT2D eigenvalue weighted by molar-refractivity contribution is 5.97. The maximum atomic E-state index is 12.7. The van der Waals surface area contributed by atoms with Crippen molar-refractivity contribution >= 4 is 11.6 Å². The average Bonchev–Trinajstić information content (AvgIpc) is 2.48. The summed E-state index contributed by atoms with van der Waals surface area (Å²) in [4.78, 5) is 17.0.